The van der Waals surface area contributed by atoms with Gasteiger partial charge in [0.15, 0.2) is 0 Å². The Bertz CT molecular complexity index is 1260. The average molecular weight is 535 g/mol. The molecule has 3 aliphatic heterocycles. The number of piperidine rings is 1. The molecule has 0 radical (unpaired) electrons. The maximum Gasteiger partial charge on any atom is 0.418 e. The highest BCUT2D eigenvalue weighted by atomic mass is 19.4. The van der Waals surface area contributed by atoms with Crippen LogP contribution in [0.15, 0.2) is 23.3 Å². The molecular weight excluding hydrogens is 497 g/mol. The summed E-state index contributed by atoms with van der Waals surface area (Å²) in [6.07, 6.45) is 4.59. The van der Waals surface area contributed by atoms with Crippen LogP contribution in [-0.4, -0.2) is 65.0 Å². The van der Waals surface area contributed by atoms with E-state index in [9.17, 15) is 18.0 Å². The van der Waals surface area contributed by atoms with Crippen LogP contribution in [0.1, 0.15) is 55.7 Å². The average Bonchev–Trinajstić information content (AvgIpc) is 3.13. The third kappa shape index (κ3) is 4.30. The Morgan fingerprint density at radius 1 is 1.13 bits per heavy atom. The second-order valence-corrected chi connectivity index (χ2v) is 12.6. The highest BCUT2D eigenvalue weighted by Crippen LogP contribution is 2.50. The Kier molecular flexibility index (Phi) is 5.97. The number of fused-ring (bicyclic) bond motifs is 2. The quantitative estimate of drug-likeness (QED) is 0.594. The molecule has 8 nitrogen and oxygen atoms in total. The molecule has 5 atom stereocenters. The lowest BCUT2D eigenvalue weighted by Gasteiger charge is -2.51. The first kappa shape index (κ1) is 25.1. The van der Waals surface area contributed by atoms with E-state index in [-0.39, 0.29) is 28.8 Å². The second-order valence-electron chi connectivity index (χ2n) is 12.6. The summed E-state index contributed by atoms with van der Waals surface area (Å²) in [5.74, 6) is 1.77. The predicted molar refractivity (Wildman–Crippen MR) is 135 cm³/mol. The van der Waals surface area contributed by atoms with Gasteiger partial charge in [-0.2, -0.15) is 13.2 Å². The van der Waals surface area contributed by atoms with Crippen molar-refractivity contribution in [1.29, 1.82) is 0 Å². The molecule has 2 aromatic rings. The van der Waals surface area contributed by atoms with E-state index in [1.807, 2.05) is 0 Å². The van der Waals surface area contributed by atoms with Gasteiger partial charge in [0.1, 0.15) is 0 Å². The molecule has 38 heavy (non-hydrogen) atoms. The monoisotopic (exact) mass is 534 g/mol. The number of aromatic nitrogens is 2. The van der Waals surface area contributed by atoms with Gasteiger partial charge >= 0.3 is 11.9 Å². The highest BCUT2D eigenvalue weighted by Gasteiger charge is 2.49. The molecule has 5 unspecified atom stereocenters. The van der Waals surface area contributed by atoms with E-state index in [2.05, 4.69) is 27.7 Å². The van der Waals surface area contributed by atoms with Crippen molar-refractivity contribution in [2.24, 2.45) is 23.2 Å². The number of halogens is 3. The fraction of sp³-hybridized carbons (Fsp3) is 0.741. The van der Waals surface area contributed by atoms with E-state index in [0.29, 0.717) is 43.1 Å². The zero-order valence-electron chi connectivity index (χ0n) is 21.8. The summed E-state index contributed by atoms with van der Waals surface area (Å²) in [5.41, 5.74) is 6.01. The van der Waals surface area contributed by atoms with Crippen molar-refractivity contribution in [1.82, 2.24) is 29.6 Å². The number of ether oxygens (including phenoxy) is 1. The van der Waals surface area contributed by atoms with Crippen LogP contribution >= 0.6 is 0 Å². The molecule has 2 saturated carbocycles. The maximum atomic E-state index is 14.2. The van der Waals surface area contributed by atoms with Crippen molar-refractivity contribution in [3.63, 3.8) is 0 Å². The van der Waals surface area contributed by atoms with Crippen molar-refractivity contribution in [2.45, 2.75) is 63.5 Å². The number of nitrogens with zero attached hydrogens (tertiary/aromatic N) is 4. The Balaban J connectivity index is 1.17. The van der Waals surface area contributed by atoms with E-state index in [1.54, 1.807) is 10.8 Å². The summed E-state index contributed by atoms with van der Waals surface area (Å²) in [7, 11) is 2.08. The predicted octanol–water partition coefficient (Wildman–Crippen LogP) is 3.03. The zero-order valence-corrected chi connectivity index (χ0v) is 21.8. The van der Waals surface area contributed by atoms with Crippen LogP contribution in [0.3, 0.4) is 0 Å². The summed E-state index contributed by atoms with van der Waals surface area (Å²) in [5, 5.41) is 0. The van der Waals surface area contributed by atoms with Gasteiger partial charge < -0.3 is 4.74 Å². The van der Waals surface area contributed by atoms with Gasteiger partial charge in [-0.3, -0.25) is 18.8 Å². The number of likely N-dealkylation sites (tertiary alicyclic amines) is 1. The van der Waals surface area contributed by atoms with E-state index in [0.717, 1.165) is 51.9 Å². The molecule has 2 aliphatic carbocycles. The van der Waals surface area contributed by atoms with Crippen LogP contribution in [0, 0.1) is 23.2 Å². The Labute approximate surface area is 220 Å². The van der Waals surface area contributed by atoms with E-state index in [4.69, 9.17) is 4.74 Å². The van der Waals surface area contributed by atoms with Gasteiger partial charge in [-0.05, 0) is 68.5 Å². The minimum Gasteiger partial charge on any atom is -0.380 e. The van der Waals surface area contributed by atoms with Gasteiger partial charge in [-0.1, -0.05) is 6.42 Å². The molecule has 0 aromatic carbocycles. The third-order valence-electron chi connectivity index (χ3n) is 10.0. The number of alkyl halides is 3. The molecule has 5 fully saturated rings. The van der Waals surface area contributed by atoms with Gasteiger partial charge in [-0.15, -0.1) is 0 Å². The number of hydrogen-bond acceptors (Lipinski definition) is 6. The highest BCUT2D eigenvalue weighted by molar-refractivity contribution is 5.56. The van der Waals surface area contributed by atoms with E-state index in [1.165, 1.54) is 23.1 Å². The lowest BCUT2D eigenvalue weighted by Crippen LogP contribution is -2.54. The first-order chi connectivity index (χ1) is 18.2. The fourth-order valence-corrected chi connectivity index (χ4v) is 7.68. The molecule has 0 amide bonds. The van der Waals surface area contributed by atoms with Crippen molar-refractivity contribution >= 4 is 5.52 Å². The van der Waals surface area contributed by atoms with Gasteiger partial charge in [0, 0.05) is 43.5 Å². The molecule has 5 heterocycles. The topological polar surface area (TPSA) is 66.2 Å². The normalized spacial score (nSPS) is 33.5. The smallest absolute Gasteiger partial charge is 0.380 e. The van der Waals surface area contributed by atoms with Crippen molar-refractivity contribution < 1.29 is 17.9 Å². The molecule has 2 N–H and O–H groups in total. The van der Waals surface area contributed by atoms with Crippen LogP contribution in [0.25, 0.3) is 5.52 Å². The molecule has 7 rings (SSSR count). The lowest BCUT2D eigenvalue weighted by atomic mass is 9.64. The lowest BCUT2D eigenvalue weighted by molar-refractivity contribution is -0.167. The zero-order chi connectivity index (χ0) is 26.2. The summed E-state index contributed by atoms with van der Waals surface area (Å²) < 4.78 is 51.1. The maximum absolute atomic E-state index is 14.2. The first-order valence-electron chi connectivity index (χ1n) is 14.0. The Morgan fingerprint density at radius 2 is 1.92 bits per heavy atom. The number of imidazole rings is 1. The van der Waals surface area contributed by atoms with Gasteiger partial charge in [0.25, 0.3) is 0 Å². The van der Waals surface area contributed by atoms with Crippen molar-refractivity contribution in [2.75, 3.05) is 40.0 Å². The van der Waals surface area contributed by atoms with Crippen molar-refractivity contribution in [3.05, 3.63) is 40.1 Å². The van der Waals surface area contributed by atoms with Crippen LogP contribution < -0.4 is 16.5 Å². The molecule has 0 bridgehead atoms. The summed E-state index contributed by atoms with van der Waals surface area (Å²) in [6, 6.07) is 1.15. The summed E-state index contributed by atoms with van der Waals surface area (Å²) in [6.45, 7) is 4.51. The van der Waals surface area contributed by atoms with Gasteiger partial charge in [0.05, 0.1) is 37.1 Å². The first-order valence-corrected chi connectivity index (χ1v) is 14.0. The number of rotatable bonds is 6. The summed E-state index contributed by atoms with van der Waals surface area (Å²) >= 11 is 0. The minimum atomic E-state index is -4.52. The van der Waals surface area contributed by atoms with Crippen LogP contribution in [0.2, 0.25) is 0 Å². The third-order valence-corrected chi connectivity index (χ3v) is 10.0. The molecule has 208 valence electrons. The minimum absolute atomic E-state index is 0.0279. The van der Waals surface area contributed by atoms with E-state index < -0.39 is 11.7 Å². The molecule has 5 aliphatic rings. The molecule has 11 heteroatoms. The SMILES string of the molecule is CN1CNNC1CC1(C2CCCC(n3cc4c(C(F)(F)F)cc(CN5CC6CC6C5)cn4c3=O)C2)COC1. The number of pyridine rings is 1. The van der Waals surface area contributed by atoms with Gasteiger partial charge in [-0.25, -0.2) is 15.6 Å². The largest absolute Gasteiger partial charge is 0.418 e. The molecule has 3 saturated heterocycles. The van der Waals surface area contributed by atoms with Crippen LogP contribution in [-0.2, 0) is 17.5 Å². The van der Waals surface area contributed by atoms with Crippen LogP contribution in [0.5, 0.6) is 0 Å². The van der Waals surface area contributed by atoms with Crippen molar-refractivity contribution in [3.8, 4) is 0 Å². The Hall–Kier alpha value is -1.92. The second kappa shape index (κ2) is 9.05. The number of hydrogen-bond donors (Lipinski definition) is 2. The van der Waals surface area contributed by atoms with Gasteiger partial charge in [0.2, 0.25) is 0 Å². The standard InChI is InChI=1S/C27H37F3N6O2/c1-33-16-31-32-24(33)8-26(14-38-15-26)20-3-2-4-21(7-20)35-13-23-22(27(28,29)30)5-17(10-36(23)25(35)37)9-34-11-18-6-19(18)12-34/h5,10,13,18-21,24,31-32H,2-4,6-9,11-12,14-16H2,1H3. The molecular formula is C27H37F3N6O2. The Morgan fingerprint density at radius 3 is 2.58 bits per heavy atom. The molecule has 0 spiro atoms. The summed E-state index contributed by atoms with van der Waals surface area (Å²) in [4.78, 5) is 18.1. The number of hydrazine groups is 1. The van der Waals surface area contributed by atoms with Crippen LogP contribution in [0.4, 0.5) is 13.2 Å². The fourth-order valence-electron chi connectivity index (χ4n) is 7.68. The molecule has 2 aromatic heterocycles. The van der Waals surface area contributed by atoms with E-state index >= 15 is 0 Å². The number of nitrogens with one attached hydrogen (secondary N) is 2.